The molecule has 2 rings (SSSR count). The number of benzene rings is 1. The quantitative estimate of drug-likeness (QED) is 0.855. The highest BCUT2D eigenvalue weighted by Crippen LogP contribution is 2.31. The lowest BCUT2D eigenvalue weighted by atomic mass is 9.91. The van der Waals surface area contributed by atoms with Crippen molar-refractivity contribution >= 4 is 23.4 Å². The average Bonchev–Trinajstić information content (AvgIpc) is 2.37. The largest absolute Gasteiger partial charge is 0.389 e. The molecule has 0 amide bonds. The fourth-order valence-corrected chi connectivity index (χ4v) is 3.47. The van der Waals surface area contributed by atoms with Gasteiger partial charge in [-0.25, -0.2) is 0 Å². The molecule has 0 saturated carbocycles. The normalized spacial score (nSPS) is 25.9. The van der Waals surface area contributed by atoms with Gasteiger partial charge in [0.2, 0.25) is 0 Å². The molecular formula is C14H19ClO2S. The van der Waals surface area contributed by atoms with Crippen molar-refractivity contribution in [2.45, 2.75) is 42.8 Å². The van der Waals surface area contributed by atoms with Crippen LogP contribution in [0.4, 0.5) is 0 Å². The zero-order valence-electron chi connectivity index (χ0n) is 10.6. The van der Waals surface area contributed by atoms with Gasteiger partial charge in [0.25, 0.3) is 0 Å². The molecule has 4 heteroatoms. The van der Waals surface area contributed by atoms with Crippen LogP contribution in [-0.4, -0.2) is 29.2 Å². The van der Waals surface area contributed by atoms with Gasteiger partial charge in [0, 0.05) is 22.3 Å². The van der Waals surface area contributed by atoms with Crippen LogP contribution in [0.3, 0.4) is 0 Å². The molecule has 2 unspecified atom stereocenters. The summed E-state index contributed by atoms with van der Waals surface area (Å²) in [5.41, 5.74) is -0.385. The maximum atomic E-state index is 10.3. The van der Waals surface area contributed by atoms with Crippen molar-refractivity contribution in [2.24, 2.45) is 0 Å². The van der Waals surface area contributed by atoms with E-state index in [0.717, 1.165) is 35.8 Å². The SMILES string of the molecule is CC1(C(O)CSc2cccc(Cl)c2)CCCCO1. The van der Waals surface area contributed by atoms with Crippen LogP contribution in [0.1, 0.15) is 26.2 Å². The summed E-state index contributed by atoms with van der Waals surface area (Å²) in [6, 6.07) is 7.71. The number of ether oxygens (including phenoxy) is 1. The van der Waals surface area contributed by atoms with E-state index in [1.807, 2.05) is 31.2 Å². The molecule has 0 spiro atoms. The van der Waals surface area contributed by atoms with Crippen LogP contribution in [0.25, 0.3) is 0 Å². The van der Waals surface area contributed by atoms with Gasteiger partial charge >= 0.3 is 0 Å². The predicted molar refractivity (Wildman–Crippen MR) is 76.4 cm³/mol. The zero-order chi connectivity index (χ0) is 13.0. The van der Waals surface area contributed by atoms with E-state index >= 15 is 0 Å². The van der Waals surface area contributed by atoms with Crippen LogP contribution in [0.2, 0.25) is 5.02 Å². The molecular weight excluding hydrogens is 268 g/mol. The third-order valence-corrected chi connectivity index (χ3v) is 4.71. The molecule has 0 aliphatic carbocycles. The number of hydrogen-bond acceptors (Lipinski definition) is 3. The number of aliphatic hydroxyl groups is 1. The van der Waals surface area contributed by atoms with Gasteiger partial charge in [-0.3, -0.25) is 0 Å². The Kier molecular flexibility index (Phi) is 4.96. The molecule has 100 valence electrons. The van der Waals surface area contributed by atoms with E-state index in [1.54, 1.807) is 11.8 Å². The Morgan fingerprint density at radius 3 is 3.00 bits per heavy atom. The van der Waals surface area contributed by atoms with E-state index in [1.165, 1.54) is 0 Å². The molecule has 1 N–H and O–H groups in total. The van der Waals surface area contributed by atoms with Crippen molar-refractivity contribution in [3.8, 4) is 0 Å². The molecule has 0 aromatic heterocycles. The summed E-state index contributed by atoms with van der Waals surface area (Å²) in [5, 5.41) is 11.0. The summed E-state index contributed by atoms with van der Waals surface area (Å²) in [6.45, 7) is 2.77. The Morgan fingerprint density at radius 1 is 1.50 bits per heavy atom. The molecule has 1 aromatic rings. The van der Waals surface area contributed by atoms with E-state index < -0.39 is 6.10 Å². The molecule has 1 aliphatic rings. The van der Waals surface area contributed by atoms with Crippen LogP contribution in [0, 0.1) is 0 Å². The minimum absolute atomic E-state index is 0.385. The highest BCUT2D eigenvalue weighted by molar-refractivity contribution is 7.99. The Balaban J connectivity index is 1.89. The molecule has 1 aliphatic heterocycles. The minimum atomic E-state index is -0.443. The summed E-state index contributed by atoms with van der Waals surface area (Å²) < 4.78 is 5.75. The molecule has 18 heavy (non-hydrogen) atoms. The molecule has 1 saturated heterocycles. The average molecular weight is 287 g/mol. The van der Waals surface area contributed by atoms with E-state index in [0.29, 0.717) is 5.75 Å². The summed E-state index contributed by atoms with van der Waals surface area (Å²) in [4.78, 5) is 1.08. The van der Waals surface area contributed by atoms with Gasteiger partial charge in [0.1, 0.15) is 0 Å². The zero-order valence-corrected chi connectivity index (χ0v) is 12.1. The Hall–Kier alpha value is -0.220. The number of halogens is 1. The standard InChI is InChI=1S/C14H19ClO2S/c1-14(7-2-3-8-17-14)13(16)10-18-12-6-4-5-11(15)9-12/h4-6,9,13,16H,2-3,7-8,10H2,1H3. The molecule has 2 atom stereocenters. The van der Waals surface area contributed by atoms with Gasteiger partial charge in [0.15, 0.2) is 0 Å². The lowest BCUT2D eigenvalue weighted by molar-refractivity contribution is -0.128. The fraction of sp³-hybridized carbons (Fsp3) is 0.571. The maximum Gasteiger partial charge on any atom is 0.0920 e. The topological polar surface area (TPSA) is 29.5 Å². The lowest BCUT2D eigenvalue weighted by Crippen LogP contribution is -2.45. The second-order valence-electron chi connectivity index (χ2n) is 4.90. The summed E-state index contributed by atoms with van der Waals surface area (Å²) in [6.07, 6.45) is 2.73. The van der Waals surface area contributed by atoms with E-state index in [4.69, 9.17) is 16.3 Å². The Bertz CT molecular complexity index is 391. The maximum absolute atomic E-state index is 10.3. The molecule has 0 radical (unpaired) electrons. The minimum Gasteiger partial charge on any atom is -0.389 e. The van der Waals surface area contributed by atoms with Crippen LogP contribution >= 0.6 is 23.4 Å². The van der Waals surface area contributed by atoms with E-state index in [-0.39, 0.29) is 5.60 Å². The van der Waals surface area contributed by atoms with Crippen molar-refractivity contribution in [1.29, 1.82) is 0 Å². The van der Waals surface area contributed by atoms with Crippen LogP contribution in [-0.2, 0) is 4.74 Å². The molecule has 1 aromatic carbocycles. The molecule has 2 nitrogen and oxygen atoms in total. The predicted octanol–water partition coefficient (Wildman–Crippen LogP) is 3.75. The summed E-state index contributed by atoms with van der Waals surface area (Å²) in [5.74, 6) is 0.636. The molecule has 0 bridgehead atoms. The van der Waals surface area contributed by atoms with Gasteiger partial charge in [-0.15, -0.1) is 11.8 Å². The smallest absolute Gasteiger partial charge is 0.0920 e. The number of rotatable bonds is 4. The van der Waals surface area contributed by atoms with Gasteiger partial charge in [-0.2, -0.15) is 0 Å². The monoisotopic (exact) mass is 286 g/mol. The van der Waals surface area contributed by atoms with E-state index in [2.05, 4.69) is 0 Å². The first kappa shape index (κ1) is 14.2. The van der Waals surface area contributed by atoms with Crippen molar-refractivity contribution < 1.29 is 9.84 Å². The first-order valence-electron chi connectivity index (χ1n) is 6.30. The summed E-state index contributed by atoms with van der Waals surface area (Å²) >= 11 is 7.56. The van der Waals surface area contributed by atoms with Crippen molar-refractivity contribution in [3.63, 3.8) is 0 Å². The van der Waals surface area contributed by atoms with Crippen molar-refractivity contribution in [1.82, 2.24) is 0 Å². The van der Waals surface area contributed by atoms with Crippen LogP contribution < -0.4 is 0 Å². The second-order valence-corrected chi connectivity index (χ2v) is 6.43. The Labute approximate surface area is 118 Å². The highest BCUT2D eigenvalue weighted by atomic mass is 35.5. The molecule has 1 heterocycles. The van der Waals surface area contributed by atoms with Crippen molar-refractivity contribution in [3.05, 3.63) is 29.3 Å². The number of thioether (sulfide) groups is 1. The number of aliphatic hydroxyl groups excluding tert-OH is 1. The lowest BCUT2D eigenvalue weighted by Gasteiger charge is -2.37. The number of hydrogen-bond donors (Lipinski definition) is 1. The van der Waals surface area contributed by atoms with E-state index in [9.17, 15) is 5.11 Å². The van der Waals surface area contributed by atoms with Crippen molar-refractivity contribution in [2.75, 3.05) is 12.4 Å². The summed E-state index contributed by atoms with van der Waals surface area (Å²) in [7, 11) is 0. The van der Waals surface area contributed by atoms with Crippen LogP contribution in [0.15, 0.2) is 29.2 Å². The third kappa shape index (κ3) is 3.64. The second kappa shape index (κ2) is 6.29. The van der Waals surface area contributed by atoms with Crippen LogP contribution in [0.5, 0.6) is 0 Å². The Morgan fingerprint density at radius 2 is 2.33 bits per heavy atom. The third-order valence-electron chi connectivity index (χ3n) is 3.41. The van der Waals surface area contributed by atoms with Gasteiger partial charge in [-0.05, 0) is 44.4 Å². The van der Waals surface area contributed by atoms with Gasteiger partial charge in [-0.1, -0.05) is 17.7 Å². The fourth-order valence-electron chi connectivity index (χ4n) is 2.13. The first-order valence-corrected chi connectivity index (χ1v) is 7.67. The molecule has 1 fully saturated rings. The first-order chi connectivity index (χ1) is 8.60. The van der Waals surface area contributed by atoms with Gasteiger partial charge < -0.3 is 9.84 Å². The highest BCUT2D eigenvalue weighted by Gasteiger charge is 2.35. The van der Waals surface area contributed by atoms with Gasteiger partial charge in [0.05, 0.1) is 11.7 Å².